The Balaban J connectivity index is 1.46. The lowest BCUT2D eigenvalue weighted by Gasteiger charge is -2.01. The number of hydrogen-bond donors (Lipinski definition) is 1. The van der Waals surface area contributed by atoms with Gasteiger partial charge in [-0.25, -0.2) is 9.67 Å². The third-order valence-electron chi connectivity index (χ3n) is 3.72. The molecule has 0 aliphatic carbocycles. The van der Waals surface area contributed by atoms with E-state index in [-0.39, 0.29) is 5.56 Å². The lowest BCUT2D eigenvalue weighted by Crippen LogP contribution is -2.08. The first-order chi connectivity index (χ1) is 12.3. The molecular weight excluding hydrogens is 334 g/mol. The molecule has 0 aliphatic rings. The Morgan fingerprint density at radius 2 is 1.84 bits per heavy atom. The van der Waals surface area contributed by atoms with Gasteiger partial charge in [0.25, 0.3) is 5.56 Å². The Morgan fingerprint density at radius 1 is 1.04 bits per heavy atom. The van der Waals surface area contributed by atoms with Crippen LogP contribution in [0.3, 0.4) is 0 Å². The molecule has 2 aromatic heterocycles. The van der Waals surface area contributed by atoms with Crippen LogP contribution in [0.1, 0.15) is 11.3 Å². The molecule has 2 heterocycles. The molecule has 4 rings (SSSR count). The minimum Gasteiger partial charge on any atom is -0.301 e. The topological polar surface area (TPSA) is 76.5 Å². The number of rotatable bonds is 5. The molecule has 0 atom stereocenters. The van der Waals surface area contributed by atoms with Crippen molar-refractivity contribution < 1.29 is 0 Å². The van der Waals surface area contributed by atoms with Crippen LogP contribution in [0.2, 0.25) is 0 Å². The highest BCUT2D eigenvalue weighted by Crippen LogP contribution is 2.18. The molecule has 0 bridgehead atoms. The molecule has 0 spiro atoms. The van der Waals surface area contributed by atoms with Gasteiger partial charge in [0.15, 0.2) is 5.16 Å². The normalized spacial score (nSPS) is 11.0. The monoisotopic (exact) mass is 349 g/mol. The Labute approximate surface area is 147 Å². The third kappa shape index (κ3) is 3.61. The van der Waals surface area contributed by atoms with Crippen molar-refractivity contribution in [3.05, 3.63) is 82.4 Å². The zero-order valence-corrected chi connectivity index (χ0v) is 14.1. The minimum absolute atomic E-state index is 0.124. The smallest absolute Gasteiger partial charge is 0.259 e. The Hall–Kier alpha value is -2.93. The summed E-state index contributed by atoms with van der Waals surface area (Å²) in [6, 6.07) is 17.4. The number of fused-ring (bicyclic) bond motifs is 1. The number of hydrogen-bond acceptors (Lipinski definition) is 5. The molecule has 0 aliphatic heterocycles. The Bertz CT molecular complexity index is 1060. The van der Waals surface area contributed by atoms with E-state index >= 15 is 0 Å². The number of thioether (sulfide) groups is 1. The highest BCUT2D eigenvalue weighted by Gasteiger charge is 2.07. The van der Waals surface area contributed by atoms with Gasteiger partial charge in [-0.15, -0.1) is 5.10 Å². The molecule has 1 N–H and O–H groups in total. The molecule has 2 aromatic carbocycles. The van der Waals surface area contributed by atoms with Gasteiger partial charge >= 0.3 is 0 Å². The van der Waals surface area contributed by atoms with Crippen molar-refractivity contribution in [3.8, 4) is 0 Å². The maximum absolute atomic E-state index is 12.1. The van der Waals surface area contributed by atoms with Gasteiger partial charge < -0.3 is 4.98 Å². The summed E-state index contributed by atoms with van der Waals surface area (Å²) in [4.78, 5) is 19.4. The maximum atomic E-state index is 12.1. The molecular formula is C18H15N5OS. The predicted octanol–water partition coefficient (Wildman–Crippen LogP) is 2.86. The molecule has 0 saturated carbocycles. The fourth-order valence-electron chi connectivity index (χ4n) is 2.53. The number of para-hydroxylation sites is 1. The highest BCUT2D eigenvalue weighted by atomic mass is 32.2. The standard InChI is InChI=1S/C18H15N5OS/c24-17-15-8-4-5-9-16(15)19-18(20-17)25-12-14-11-23(22-21-14)10-13-6-2-1-3-7-13/h1-9,11H,10,12H2,(H,19,20,24). The molecule has 0 radical (unpaired) electrons. The van der Waals surface area contributed by atoms with Crippen LogP contribution in [0.15, 0.2) is 70.7 Å². The number of aromatic nitrogens is 5. The van der Waals surface area contributed by atoms with Crippen LogP contribution in [0.4, 0.5) is 0 Å². The van der Waals surface area contributed by atoms with Crippen LogP contribution in [-0.4, -0.2) is 25.0 Å². The van der Waals surface area contributed by atoms with E-state index in [2.05, 4.69) is 32.4 Å². The molecule has 7 heteroatoms. The van der Waals surface area contributed by atoms with Crippen LogP contribution >= 0.6 is 11.8 Å². The number of aromatic amines is 1. The van der Waals surface area contributed by atoms with Crippen LogP contribution in [0.5, 0.6) is 0 Å². The van der Waals surface area contributed by atoms with Crippen LogP contribution in [0.25, 0.3) is 10.9 Å². The fraction of sp³-hybridized carbons (Fsp3) is 0.111. The summed E-state index contributed by atoms with van der Waals surface area (Å²) in [6.07, 6.45) is 1.92. The quantitative estimate of drug-likeness (QED) is 0.443. The van der Waals surface area contributed by atoms with Gasteiger partial charge in [-0.2, -0.15) is 0 Å². The van der Waals surface area contributed by atoms with E-state index in [0.717, 1.165) is 5.69 Å². The van der Waals surface area contributed by atoms with Gasteiger partial charge in [0.2, 0.25) is 0 Å². The first-order valence-corrected chi connectivity index (χ1v) is 8.81. The van der Waals surface area contributed by atoms with Crippen LogP contribution < -0.4 is 5.56 Å². The largest absolute Gasteiger partial charge is 0.301 e. The molecule has 124 valence electrons. The van der Waals surface area contributed by atoms with E-state index in [1.807, 2.05) is 47.3 Å². The summed E-state index contributed by atoms with van der Waals surface area (Å²) in [6.45, 7) is 0.684. The van der Waals surface area contributed by atoms with Crippen molar-refractivity contribution in [1.29, 1.82) is 0 Å². The summed E-state index contributed by atoms with van der Waals surface area (Å²) in [5.74, 6) is 0.593. The number of nitrogens with zero attached hydrogens (tertiary/aromatic N) is 4. The molecule has 4 aromatic rings. The van der Waals surface area contributed by atoms with Crippen molar-refractivity contribution >= 4 is 22.7 Å². The second-order valence-electron chi connectivity index (χ2n) is 5.57. The zero-order chi connectivity index (χ0) is 17.1. The first-order valence-electron chi connectivity index (χ1n) is 7.83. The van der Waals surface area contributed by atoms with E-state index in [1.54, 1.807) is 6.07 Å². The minimum atomic E-state index is -0.124. The van der Waals surface area contributed by atoms with Crippen LogP contribution in [-0.2, 0) is 12.3 Å². The summed E-state index contributed by atoms with van der Waals surface area (Å²) in [5, 5.41) is 9.52. The second kappa shape index (κ2) is 6.90. The van der Waals surface area contributed by atoms with Crippen molar-refractivity contribution in [2.75, 3.05) is 0 Å². The van der Waals surface area contributed by atoms with E-state index in [0.29, 0.717) is 28.4 Å². The first kappa shape index (κ1) is 15.6. The van der Waals surface area contributed by atoms with Crippen molar-refractivity contribution in [3.63, 3.8) is 0 Å². The van der Waals surface area contributed by atoms with Crippen molar-refractivity contribution in [1.82, 2.24) is 25.0 Å². The summed E-state index contributed by atoms with van der Waals surface area (Å²) >= 11 is 1.44. The van der Waals surface area contributed by atoms with E-state index in [1.165, 1.54) is 17.3 Å². The molecule has 0 unspecified atom stereocenters. The molecule has 0 fully saturated rings. The van der Waals surface area contributed by atoms with Gasteiger partial charge in [0.05, 0.1) is 23.1 Å². The van der Waals surface area contributed by atoms with Gasteiger partial charge in [-0.3, -0.25) is 4.79 Å². The van der Waals surface area contributed by atoms with E-state index in [9.17, 15) is 4.79 Å². The summed E-state index contributed by atoms with van der Waals surface area (Å²) < 4.78 is 1.81. The van der Waals surface area contributed by atoms with E-state index < -0.39 is 0 Å². The van der Waals surface area contributed by atoms with Crippen molar-refractivity contribution in [2.45, 2.75) is 17.5 Å². The SMILES string of the molecule is O=c1[nH]c(SCc2cn(Cc3ccccc3)nn2)nc2ccccc12. The Kier molecular flexibility index (Phi) is 4.30. The lowest BCUT2D eigenvalue weighted by atomic mass is 10.2. The maximum Gasteiger partial charge on any atom is 0.259 e. The van der Waals surface area contributed by atoms with Crippen LogP contribution in [0, 0.1) is 0 Å². The molecule has 25 heavy (non-hydrogen) atoms. The second-order valence-corrected chi connectivity index (χ2v) is 6.53. The van der Waals surface area contributed by atoms with Gasteiger partial charge in [-0.05, 0) is 17.7 Å². The van der Waals surface area contributed by atoms with Crippen molar-refractivity contribution in [2.24, 2.45) is 0 Å². The van der Waals surface area contributed by atoms with Gasteiger partial charge in [0, 0.05) is 11.9 Å². The zero-order valence-electron chi connectivity index (χ0n) is 13.3. The van der Waals surface area contributed by atoms with Gasteiger partial charge in [0.1, 0.15) is 0 Å². The Morgan fingerprint density at radius 3 is 2.72 bits per heavy atom. The average molecular weight is 349 g/mol. The third-order valence-corrected chi connectivity index (χ3v) is 4.63. The van der Waals surface area contributed by atoms with E-state index in [4.69, 9.17) is 0 Å². The number of nitrogens with one attached hydrogen (secondary N) is 1. The molecule has 6 nitrogen and oxygen atoms in total. The lowest BCUT2D eigenvalue weighted by molar-refractivity contribution is 0.649. The number of benzene rings is 2. The number of H-pyrrole nitrogens is 1. The molecule has 0 amide bonds. The summed E-state index contributed by atoms with van der Waals surface area (Å²) in [7, 11) is 0. The predicted molar refractivity (Wildman–Crippen MR) is 97.5 cm³/mol. The highest BCUT2D eigenvalue weighted by molar-refractivity contribution is 7.98. The van der Waals surface area contributed by atoms with Gasteiger partial charge in [-0.1, -0.05) is 59.4 Å². The average Bonchev–Trinajstić information content (AvgIpc) is 3.08. The fourth-order valence-corrected chi connectivity index (χ4v) is 3.27. The molecule has 0 saturated heterocycles. The summed E-state index contributed by atoms with van der Waals surface area (Å²) in [5.41, 5.74) is 2.59.